The van der Waals surface area contributed by atoms with Crippen LogP contribution in [0.2, 0.25) is 0 Å². The maximum Gasteiger partial charge on any atom is 0.471 e. The highest BCUT2D eigenvalue weighted by Crippen LogP contribution is 2.36. The van der Waals surface area contributed by atoms with Crippen molar-refractivity contribution in [3.05, 3.63) is 59.7 Å². The molecule has 2 aromatic carbocycles. The van der Waals surface area contributed by atoms with Crippen molar-refractivity contribution in [2.45, 2.75) is 19.5 Å². The smallest absolute Gasteiger partial charge is 0.340 e. The zero-order valence-electron chi connectivity index (χ0n) is 15.7. The fraction of sp³-hybridized carbons (Fsp3) is 0.333. The largest absolute Gasteiger partial charge is 0.471 e. The van der Waals surface area contributed by atoms with Crippen molar-refractivity contribution in [3.8, 4) is 0 Å². The molecule has 0 spiro atoms. The first-order valence-electron chi connectivity index (χ1n) is 8.98. The summed E-state index contributed by atoms with van der Waals surface area (Å²) >= 11 is 0. The molecule has 1 aliphatic heterocycles. The number of ketones is 1. The van der Waals surface area contributed by atoms with Gasteiger partial charge in [0.05, 0.1) is 5.69 Å². The molecule has 0 fully saturated rings. The second-order valence-corrected chi connectivity index (χ2v) is 7.15. The maximum atomic E-state index is 12.7. The molecule has 0 aromatic heterocycles. The summed E-state index contributed by atoms with van der Waals surface area (Å²) in [6, 6.07) is 14.8. The minimum Gasteiger partial charge on any atom is -0.340 e. The van der Waals surface area contributed by atoms with Crippen LogP contribution in [0.1, 0.15) is 22.8 Å². The number of amides is 1. The molecule has 0 radical (unpaired) electrons. The maximum absolute atomic E-state index is 12.7. The van der Waals surface area contributed by atoms with Crippen molar-refractivity contribution >= 4 is 23.1 Å². The molecule has 1 unspecified atom stereocenters. The predicted octanol–water partition coefficient (Wildman–Crippen LogP) is 4.22. The number of carbonyl (C=O) groups is 2. The molecule has 0 aliphatic carbocycles. The van der Waals surface area contributed by atoms with Gasteiger partial charge in [0.1, 0.15) is 0 Å². The normalized spacial score (nSPS) is 14.8. The number of fused-ring (bicyclic) bond motifs is 2. The molecule has 4 nitrogen and oxygen atoms in total. The number of benzene rings is 2. The lowest BCUT2D eigenvalue weighted by Gasteiger charge is -2.31. The molecule has 1 aliphatic rings. The van der Waals surface area contributed by atoms with Gasteiger partial charge in [-0.05, 0) is 29.7 Å². The summed E-state index contributed by atoms with van der Waals surface area (Å²) in [7, 11) is 1.15. The number of hydrogen-bond donors (Lipinski definition) is 0. The third-order valence-electron chi connectivity index (χ3n) is 4.80. The SMILES string of the molecule is CC(CN(C)C(=O)C(F)(F)F)CN1c2ccccc2CC(=O)c2ccccc21. The molecule has 28 heavy (non-hydrogen) atoms. The van der Waals surface area contributed by atoms with Crippen LogP contribution in [0, 0.1) is 5.92 Å². The lowest BCUT2D eigenvalue weighted by Crippen LogP contribution is -2.42. The summed E-state index contributed by atoms with van der Waals surface area (Å²) in [6.45, 7) is 2.11. The van der Waals surface area contributed by atoms with Crippen LogP contribution in [0.3, 0.4) is 0 Å². The Morgan fingerprint density at radius 1 is 1.11 bits per heavy atom. The van der Waals surface area contributed by atoms with E-state index in [4.69, 9.17) is 0 Å². The predicted molar refractivity (Wildman–Crippen MR) is 101 cm³/mol. The van der Waals surface area contributed by atoms with E-state index >= 15 is 0 Å². The average molecular weight is 390 g/mol. The van der Waals surface area contributed by atoms with Gasteiger partial charge in [0.25, 0.3) is 0 Å². The third-order valence-corrected chi connectivity index (χ3v) is 4.80. The molecular formula is C21H21F3N2O2. The fourth-order valence-corrected chi connectivity index (χ4v) is 3.60. The minimum atomic E-state index is -4.89. The zero-order valence-corrected chi connectivity index (χ0v) is 15.7. The van der Waals surface area contributed by atoms with E-state index in [0.29, 0.717) is 17.0 Å². The van der Waals surface area contributed by atoms with Crippen LogP contribution in [0.15, 0.2) is 48.5 Å². The van der Waals surface area contributed by atoms with Crippen molar-refractivity contribution in [2.75, 3.05) is 25.0 Å². The Labute approximate surface area is 161 Å². The number of Topliss-reactive ketones (excluding diaryl/α,β-unsaturated/α-hetero) is 1. The van der Waals surface area contributed by atoms with Crippen molar-refractivity contribution in [2.24, 2.45) is 5.92 Å². The van der Waals surface area contributed by atoms with E-state index in [2.05, 4.69) is 0 Å². The second kappa shape index (κ2) is 7.66. The Bertz CT molecular complexity index is 895. The molecule has 0 saturated heterocycles. The monoisotopic (exact) mass is 390 g/mol. The van der Waals surface area contributed by atoms with Crippen LogP contribution in [0.4, 0.5) is 24.5 Å². The Morgan fingerprint density at radius 2 is 1.71 bits per heavy atom. The molecule has 3 rings (SSSR count). The number of para-hydroxylation sites is 2. The van der Waals surface area contributed by atoms with Gasteiger partial charge >= 0.3 is 12.1 Å². The van der Waals surface area contributed by atoms with E-state index in [-0.39, 0.29) is 24.7 Å². The number of carbonyl (C=O) groups excluding carboxylic acids is 2. The van der Waals surface area contributed by atoms with Crippen molar-refractivity contribution in [1.29, 1.82) is 0 Å². The summed E-state index contributed by atoms with van der Waals surface area (Å²) in [6.07, 6.45) is -4.62. The van der Waals surface area contributed by atoms with E-state index in [1.807, 2.05) is 41.3 Å². The van der Waals surface area contributed by atoms with Crippen LogP contribution in [0.5, 0.6) is 0 Å². The lowest BCUT2D eigenvalue weighted by atomic mass is 10.0. The molecule has 1 amide bonds. The fourth-order valence-electron chi connectivity index (χ4n) is 3.60. The molecule has 0 saturated carbocycles. The molecule has 2 aromatic rings. The van der Waals surface area contributed by atoms with Crippen LogP contribution in [-0.4, -0.2) is 42.9 Å². The van der Waals surface area contributed by atoms with Gasteiger partial charge in [-0.1, -0.05) is 37.3 Å². The zero-order chi connectivity index (χ0) is 20.5. The highest BCUT2D eigenvalue weighted by molar-refractivity contribution is 6.05. The summed E-state index contributed by atoms with van der Waals surface area (Å²) in [5.74, 6) is -2.11. The van der Waals surface area contributed by atoms with Crippen molar-refractivity contribution in [3.63, 3.8) is 0 Å². The Kier molecular flexibility index (Phi) is 5.45. The number of halogens is 3. The van der Waals surface area contributed by atoms with Gasteiger partial charge in [-0.15, -0.1) is 0 Å². The summed E-state index contributed by atoms with van der Waals surface area (Å²) < 4.78 is 38.0. The number of rotatable bonds is 4. The van der Waals surface area contributed by atoms with E-state index in [0.717, 1.165) is 24.0 Å². The number of alkyl halides is 3. The van der Waals surface area contributed by atoms with Crippen molar-refractivity contribution < 1.29 is 22.8 Å². The molecular weight excluding hydrogens is 369 g/mol. The van der Waals surface area contributed by atoms with Gasteiger partial charge in [-0.3, -0.25) is 9.59 Å². The van der Waals surface area contributed by atoms with Crippen LogP contribution in [-0.2, 0) is 11.2 Å². The van der Waals surface area contributed by atoms with Gasteiger partial charge in [0, 0.05) is 37.8 Å². The minimum absolute atomic E-state index is 0.00238. The quantitative estimate of drug-likeness (QED) is 0.785. The lowest BCUT2D eigenvalue weighted by molar-refractivity contribution is -0.184. The van der Waals surface area contributed by atoms with Gasteiger partial charge in [0.2, 0.25) is 0 Å². The van der Waals surface area contributed by atoms with E-state index in [1.54, 1.807) is 19.1 Å². The summed E-state index contributed by atoms with van der Waals surface area (Å²) in [5.41, 5.74) is 3.05. The molecule has 0 N–H and O–H groups in total. The van der Waals surface area contributed by atoms with Crippen LogP contribution >= 0.6 is 0 Å². The first-order chi connectivity index (χ1) is 13.2. The Hall–Kier alpha value is -2.83. The van der Waals surface area contributed by atoms with E-state index < -0.39 is 12.1 Å². The molecule has 148 valence electrons. The first kappa shape index (κ1) is 19.9. The Morgan fingerprint density at radius 3 is 2.39 bits per heavy atom. The number of anilines is 2. The standard InChI is InChI=1S/C21H21F3N2O2/c1-14(12-25(2)20(28)21(22,23)24)13-26-17-9-5-3-7-15(17)11-19(27)16-8-4-6-10-18(16)26/h3-10,14H,11-13H2,1-2H3. The third kappa shape index (κ3) is 4.03. The molecule has 1 heterocycles. The summed E-state index contributed by atoms with van der Waals surface area (Å²) in [5, 5.41) is 0. The molecule has 1 atom stereocenters. The molecule has 0 bridgehead atoms. The van der Waals surface area contributed by atoms with E-state index in [9.17, 15) is 22.8 Å². The number of hydrogen-bond acceptors (Lipinski definition) is 3. The average Bonchev–Trinajstić information content (AvgIpc) is 2.76. The molecule has 7 heteroatoms. The van der Waals surface area contributed by atoms with Gasteiger partial charge in [-0.25, -0.2) is 0 Å². The van der Waals surface area contributed by atoms with Gasteiger partial charge in [-0.2, -0.15) is 13.2 Å². The van der Waals surface area contributed by atoms with Gasteiger partial charge < -0.3 is 9.80 Å². The van der Waals surface area contributed by atoms with Crippen molar-refractivity contribution in [1.82, 2.24) is 4.90 Å². The second-order valence-electron chi connectivity index (χ2n) is 7.15. The Balaban J connectivity index is 1.90. The summed E-state index contributed by atoms with van der Waals surface area (Å²) in [4.78, 5) is 26.8. The topological polar surface area (TPSA) is 40.6 Å². The number of nitrogens with zero attached hydrogens (tertiary/aromatic N) is 2. The van der Waals surface area contributed by atoms with E-state index in [1.165, 1.54) is 0 Å². The van der Waals surface area contributed by atoms with Gasteiger partial charge in [0.15, 0.2) is 5.78 Å². The van der Waals surface area contributed by atoms with Crippen LogP contribution < -0.4 is 4.90 Å². The van der Waals surface area contributed by atoms with Crippen LogP contribution in [0.25, 0.3) is 0 Å². The highest BCUT2D eigenvalue weighted by Gasteiger charge is 2.41. The first-order valence-corrected chi connectivity index (χ1v) is 8.98. The highest BCUT2D eigenvalue weighted by atomic mass is 19.4.